The lowest BCUT2D eigenvalue weighted by Gasteiger charge is -2.30. The molecular weight excluding hydrogens is 332 g/mol. The molecule has 1 aliphatic heterocycles. The van der Waals surface area contributed by atoms with Gasteiger partial charge in [-0.25, -0.2) is 0 Å². The van der Waals surface area contributed by atoms with E-state index in [1.807, 2.05) is 24.3 Å². The highest BCUT2D eigenvalue weighted by atomic mass is 16.5. The Hall–Kier alpha value is -2.70. The van der Waals surface area contributed by atoms with E-state index in [-0.39, 0.29) is 11.8 Å². The van der Waals surface area contributed by atoms with Gasteiger partial charge in [-0.1, -0.05) is 37.2 Å². The Morgan fingerprint density at radius 1 is 1.31 bits per heavy atom. The molecule has 1 unspecified atom stereocenters. The number of rotatable bonds is 3. The van der Waals surface area contributed by atoms with Crippen molar-refractivity contribution in [2.24, 2.45) is 0 Å². The molecule has 3 rings (SSSR count). The lowest BCUT2D eigenvalue weighted by atomic mass is 9.98. The van der Waals surface area contributed by atoms with Gasteiger partial charge in [-0.05, 0) is 37.3 Å². The van der Waals surface area contributed by atoms with Gasteiger partial charge in [-0.15, -0.1) is 0 Å². The lowest BCUT2D eigenvalue weighted by molar-refractivity contribution is -0.144. The predicted molar refractivity (Wildman–Crippen MR) is 96.8 cm³/mol. The van der Waals surface area contributed by atoms with E-state index in [1.54, 1.807) is 11.8 Å². The number of benzene rings is 1. The van der Waals surface area contributed by atoms with Crippen LogP contribution in [0.5, 0.6) is 0 Å². The molecule has 26 heavy (non-hydrogen) atoms. The van der Waals surface area contributed by atoms with Gasteiger partial charge in [0.15, 0.2) is 5.82 Å². The quantitative estimate of drug-likeness (QED) is 0.854. The number of amides is 2. The van der Waals surface area contributed by atoms with E-state index >= 15 is 0 Å². The molecule has 1 aromatic heterocycles. The molecule has 0 bridgehead atoms. The highest BCUT2D eigenvalue weighted by Gasteiger charge is 2.31. The van der Waals surface area contributed by atoms with Crippen molar-refractivity contribution in [3.8, 4) is 0 Å². The number of nitrogens with zero attached hydrogens (tertiary/aromatic N) is 3. The van der Waals surface area contributed by atoms with Crippen LogP contribution in [-0.2, 0) is 9.59 Å². The van der Waals surface area contributed by atoms with Gasteiger partial charge in [-0.3, -0.25) is 9.59 Å². The molecule has 2 aromatic rings. The van der Waals surface area contributed by atoms with Crippen molar-refractivity contribution in [1.82, 2.24) is 15.0 Å². The van der Waals surface area contributed by atoms with Gasteiger partial charge in [-0.2, -0.15) is 4.98 Å². The molecule has 2 heterocycles. The van der Waals surface area contributed by atoms with E-state index in [2.05, 4.69) is 29.3 Å². The molecule has 0 aliphatic carbocycles. The van der Waals surface area contributed by atoms with E-state index < -0.39 is 11.8 Å². The number of hydrogen-bond donors (Lipinski definition) is 1. The number of hydrogen-bond acceptors (Lipinski definition) is 5. The summed E-state index contributed by atoms with van der Waals surface area (Å²) >= 11 is 0. The van der Waals surface area contributed by atoms with Crippen LogP contribution in [-0.4, -0.2) is 39.9 Å². The maximum atomic E-state index is 12.6. The number of nitrogens with one attached hydrogen (secondary N) is 1. The van der Waals surface area contributed by atoms with Gasteiger partial charge in [0.1, 0.15) is 0 Å². The Morgan fingerprint density at radius 2 is 2.08 bits per heavy atom. The summed E-state index contributed by atoms with van der Waals surface area (Å²) in [7, 11) is 0. The number of anilines is 1. The normalized spacial score (nSPS) is 17.4. The van der Waals surface area contributed by atoms with E-state index in [4.69, 9.17) is 4.52 Å². The minimum atomic E-state index is -0.611. The molecule has 0 saturated carbocycles. The summed E-state index contributed by atoms with van der Waals surface area (Å²) in [5.74, 6) is 0.202. The molecule has 7 heteroatoms. The standard InChI is InChI=1S/C19H24N4O3/c1-12(2)15-8-4-5-9-16(15)21-17(24)19(25)23-10-6-7-14(11-23)18-20-13(3)22-26-18/h4-5,8-9,12,14H,6-7,10-11H2,1-3H3,(H,21,24). The van der Waals surface area contributed by atoms with Crippen LogP contribution in [0.2, 0.25) is 0 Å². The summed E-state index contributed by atoms with van der Waals surface area (Å²) in [6.07, 6.45) is 1.66. The number of carbonyl (C=O) groups excluding carboxylic acids is 2. The van der Waals surface area contributed by atoms with Crippen LogP contribution in [0.4, 0.5) is 5.69 Å². The Morgan fingerprint density at radius 3 is 2.77 bits per heavy atom. The van der Waals surface area contributed by atoms with Crippen molar-refractivity contribution in [1.29, 1.82) is 0 Å². The van der Waals surface area contributed by atoms with E-state index in [1.165, 1.54) is 0 Å². The second-order valence-corrected chi connectivity index (χ2v) is 6.97. The molecule has 1 aromatic carbocycles. The summed E-state index contributed by atoms with van der Waals surface area (Å²) in [5.41, 5.74) is 1.69. The molecule has 7 nitrogen and oxygen atoms in total. The molecule has 2 amide bonds. The zero-order valence-corrected chi connectivity index (χ0v) is 15.4. The molecule has 138 valence electrons. The maximum absolute atomic E-state index is 12.6. The van der Waals surface area contributed by atoms with Crippen molar-refractivity contribution in [2.75, 3.05) is 18.4 Å². The average molecular weight is 356 g/mol. The van der Waals surface area contributed by atoms with Gasteiger partial charge in [0.2, 0.25) is 5.89 Å². The summed E-state index contributed by atoms with van der Waals surface area (Å²) in [4.78, 5) is 30.9. The van der Waals surface area contributed by atoms with E-state index in [0.29, 0.717) is 30.5 Å². The minimum absolute atomic E-state index is 0.0235. The fraction of sp³-hybridized carbons (Fsp3) is 0.474. The Bertz CT molecular complexity index is 800. The van der Waals surface area contributed by atoms with Crippen molar-refractivity contribution in [2.45, 2.75) is 45.4 Å². The number of piperidine rings is 1. The third-order valence-corrected chi connectivity index (χ3v) is 4.63. The van der Waals surface area contributed by atoms with Gasteiger partial charge >= 0.3 is 11.8 Å². The van der Waals surface area contributed by atoms with E-state index in [0.717, 1.165) is 18.4 Å². The van der Waals surface area contributed by atoms with Crippen LogP contribution in [0, 0.1) is 6.92 Å². The SMILES string of the molecule is Cc1noc(C2CCCN(C(=O)C(=O)Nc3ccccc3C(C)C)C2)n1. The van der Waals surface area contributed by atoms with Crippen molar-refractivity contribution < 1.29 is 14.1 Å². The maximum Gasteiger partial charge on any atom is 0.313 e. The number of aromatic nitrogens is 2. The fourth-order valence-electron chi connectivity index (χ4n) is 3.28. The first-order valence-electron chi connectivity index (χ1n) is 8.95. The van der Waals surface area contributed by atoms with Gasteiger partial charge in [0, 0.05) is 18.8 Å². The molecule has 1 fully saturated rings. The zero-order chi connectivity index (χ0) is 18.7. The number of likely N-dealkylation sites (tertiary alicyclic amines) is 1. The molecule has 1 aliphatic rings. The van der Waals surface area contributed by atoms with Crippen LogP contribution < -0.4 is 5.32 Å². The zero-order valence-electron chi connectivity index (χ0n) is 15.4. The monoisotopic (exact) mass is 356 g/mol. The largest absolute Gasteiger partial charge is 0.339 e. The number of para-hydroxylation sites is 1. The highest BCUT2D eigenvalue weighted by molar-refractivity contribution is 6.39. The van der Waals surface area contributed by atoms with Crippen LogP contribution in [0.25, 0.3) is 0 Å². The van der Waals surface area contributed by atoms with Crippen molar-refractivity contribution in [3.63, 3.8) is 0 Å². The summed E-state index contributed by atoms with van der Waals surface area (Å²) in [5, 5.41) is 6.58. The highest BCUT2D eigenvalue weighted by Crippen LogP contribution is 2.27. The van der Waals surface area contributed by atoms with Crippen LogP contribution in [0.1, 0.15) is 55.8 Å². The molecule has 1 N–H and O–H groups in total. The third kappa shape index (κ3) is 3.92. The lowest BCUT2D eigenvalue weighted by Crippen LogP contribution is -2.44. The smallest absolute Gasteiger partial charge is 0.313 e. The second-order valence-electron chi connectivity index (χ2n) is 6.97. The van der Waals surface area contributed by atoms with Crippen LogP contribution in [0.3, 0.4) is 0 Å². The first-order chi connectivity index (χ1) is 12.5. The second kappa shape index (κ2) is 7.68. The topological polar surface area (TPSA) is 88.3 Å². The van der Waals surface area contributed by atoms with Gasteiger partial charge in [0.05, 0.1) is 5.92 Å². The fourth-order valence-corrected chi connectivity index (χ4v) is 3.28. The van der Waals surface area contributed by atoms with Crippen LogP contribution >= 0.6 is 0 Å². The Kier molecular flexibility index (Phi) is 5.35. The van der Waals surface area contributed by atoms with Crippen molar-refractivity contribution >= 4 is 17.5 Å². The van der Waals surface area contributed by atoms with Gasteiger partial charge < -0.3 is 14.7 Å². The minimum Gasteiger partial charge on any atom is -0.339 e. The summed E-state index contributed by atoms with van der Waals surface area (Å²) < 4.78 is 5.23. The molecule has 1 atom stereocenters. The van der Waals surface area contributed by atoms with Gasteiger partial charge in [0.25, 0.3) is 0 Å². The molecular formula is C19H24N4O3. The first kappa shape index (κ1) is 18.1. The van der Waals surface area contributed by atoms with E-state index in [9.17, 15) is 9.59 Å². The molecule has 1 saturated heterocycles. The Balaban J connectivity index is 1.68. The Labute approximate surface area is 152 Å². The van der Waals surface area contributed by atoms with Crippen LogP contribution in [0.15, 0.2) is 28.8 Å². The average Bonchev–Trinajstić information content (AvgIpc) is 3.08. The summed E-state index contributed by atoms with van der Waals surface area (Å²) in [6.45, 7) is 6.84. The third-order valence-electron chi connectivity index (χ3n) is 4.63. The molecule has 0 spiro atoms. The number of aryl methyl sites for hydroxylation is 1. The summed E-state index contributed by atoms with van der Waals surface area (Å²) in [6, 6.07) is 7.55. The predicted octanol–water partition coefficient (Wildman–Crippen LogP) is 2.85. The first-order valence-corrected chi connectivity index (χ1v) is 8.95. The van der Waals surface area contributed by atoms with Crippen molar-refractivity contribution in [3.05, 3.63) is 41.5 Å². The number of carbonyl (C=O) groups is 2. The molecule has 0 radical (unpaired) electrons.